The highest BCUT2D eigenvalue weighted by atomic mass is 127. The molecule has 0 aromatic heterocycles. The molecule has 0 aliphatic heterocycles. The average molecular weight is 379 g/mol. The Balaban J connectivity index is 2.53. The standard InChI is InChI=1S/C18H22IN/c1-5-20-18(15-10-9-12(2)11-14(15)4)16-8-6-7-13(3)17(16)19/h6-11,18,20H,5H2,1-4H3. The van der Waals surface area contributed by atoms with Crippen LogP contribution in [0.25, 0.3) is 0 Å². The Morgan fingerprint density at radius 3 is 2.40 bits per heavy atom. The molecule has 0 amide bonds. The van der Waals surface area contributed by atoms with Crippen molar-refractivity contribution in [2.45, 2.75) is 33.7 Å². The summed E-state index contributed by atoms with van der Waals surface area (Å²) in [5.41, 5.74) is 6.77. The Morgan fingerprint density at radius 1 is 1.00 bits per heavy atom. The Kier molecular flexibility index (Phi) is 5.22. The fourth-order valence-corrected chi connectivity index (χ4v) is 3.31. The lowest BCUT2D eigenvalue weighted by Gasteiger charge is -2.23. The summed E-state index contributed by atoms with van der Waals surface area (Å²) in [5, 5.41) is 3.64. The van der Waals surface area contributed by atoms with E-state index < -0.39 is 0 Å². The van der Waals surface area contributed by atoms with Crippen molar-refractivity contribution in [2.24, 2.45) is 0 Å². The number of hydrogen-bond donors (Lipinski definition) is 1. The third-order valence-electron chi connectivity index (χ3n) is 3.68. The predicted octanol–water partition coefficient (Wildman–Crippen LogP) is 4.92. The summed E-state index contributed by atoms with van der Waals surface area (Å²) in [6, 6.07) is 13.6. The maximum absolute atomic E-state index is 3.64. The molecule has 2 rings (SSSR count). The van der Waals surface area contributed by atoms with Crippen LogP contribution in [0, 0.1) is 24.3 Å². The molecular formula is C18H22IN. The summed E-state index contributed by atoms with van der Waals surface area (Å²) in [4.78, 5) is 0. The van der Waals surface area contributed by atoms with E-state index in [1.807, 2.05) is 0 Å². The van der Waals surface area contributed by atoms with E-state index in [0.29, 0.717) is 0 Å². The van der Waals surface area contributed by atoms with E-state index in [9.17, 15) is 0 Å². The molecule has 1 N–H and O–H groups in total. The highest BCUT2D eigenvalue weighted by Gasteiger charge is 2.18. The van der Waals surface area contributed by atoms with Crippen LogP contribution in [0.15, 0.2) is 36.4 Å². The zero-order valence-corrected chi connectivity index (χ0v) is 14.8. The largest absolute Gasteiger partial charge is 0.306 e. The van der Waals surface area contributed by atoms with Crippen LogP contribution in [0.1, 0.15) is 40.8 Å². The number of rotatable bonds is 4. The van der Waals surface area contributed by atoms with Crippen molar-refractivity contribution in [3.05, 3.63) is 67.8 Å². The molecule has 0 bridgehead atoms. The van der Waals surface area contributed by atoms with Crippen LogP contribution in [0.2, 0.25) is 0 Å². The molecule has 20 heavy (non-hydrogen) atoms. The van der Waals surface area contributed by atoms with Gasteiger partial charge in [0.25, 0.3) is 0 Å². The summed E-state index contributed by atoms with van der Waals surface area (Å²) < 4.78 is 1.36. The van der Waals surface area contributed by atoms with Crippen molar-refractivity contribution in [1.82, 2.24) is 5.32 Å². The number of aryl methyl sites for hydroxylation is 3. The van der Waals surface area contributed by atoms with Gasteiger partial charge in [-0.1, -0.05) is 48.9 Å². The van der Waals surface area contributed by atoms with E-state index in [2.05, 4.69) is 92.0 Å². The molecular weight excluding hydrogens is 357 g/mol. The van der Waals surface area contributed by atoms with Crippen molar-refractivity contribution < 1.29 is 0 Å². The predicted molar refractivity (Wildman–Crippen MR) is 95.3 cm³/mol. The van der Waals surface area contributed by atoms with Gasteiger partial charge >= 0.3 is 0 Å². The van der Waals surface area contributed by atoms with E-state index in [-0.39, 0.29) is 6.04 Å². The van der Waals surface area contributed by atoms with Crippen LogP contribution in [0.3, 0.4) is 0 Å². The molecule has 0 heterocycles. The van der Waals surface area contributed by atoms with Gasteiger partial charge in [0.2, 0.25) is 0 Å². The number of benzene rings is 2. The van der Waals surface area contributed by atoms with Gasteiger partial charge in [-0.2, -0.15) is 0 Å². The zero-order valence-electron chi connectivity index (χ0n) is 12.6. The highest BCUT2D eigenvalue weighted by Crippen LogP contribution is 2.30. The lowest BCUT2D eigenvalue weighted by atomic mass is 9.93. The van der Waals surface area contributed by atoms with Crippen molar-refractivity contribution >= 4 is 22.6 Å². The van der Waals surface area contributed by atoms with Crippen LogP contribution in [-0.4, -0.2) is 6.54 Å². The molecule has 0 radical (unpaired) electrons. The molecule has 0 fully saturated rings. The molecule has 106 valence electrons. The van der Waals surface area contributed by atoms with E-state index in [1.54, 1.807) is 0 Å². The zero-order chi connectivity index (χ0) is 14.7. The van der Waals surface area contributed by atoms with Gasteiger partial charge in [0, 0.05) is 3.57 Å². The van der Waals surface area contributed by atoms with Gasteiger partial charge in [-0.3, -0.25) is 0 Å². The normalized spacial score (nSPS) is 12.4. The van der Waals surface area contributed by atoms with E-state index >= 15 is 0 Å². The molecule has 0 saturated carbocycles. The van der Waals surface area contributed by atoms with E-state index in [0.717, 1.165) is 6.54 Å². The lowest BCUT2D eigenvalue weighted by molar-refractivity contribution is 0.625. The van der Waals surface area contributed by atoms with E-state index in [4.69, 9.17) is 0 Å². The van der Waals surface area contributed by atoms with Crippen LogP contribution >= 0.6 is 22.6 Å². The molecule has 0 spiro atoms. The summed E-state index contributed by atoms with van der Waals surface area (Å²) in [6.45, 7) is 9.66. The number of hydrogen-bond acceptors (Lipinski definition) is 1. The second-order valence-electron chi connectivity index (χ2n) is 5.33. The summed E-state index contributed by atoms with van der Waals surface area (Å²) >= 11 is 2.46. The Bertz CT molecular complexity index is 604. The molecule has 2 aromatic carbocycles. The molecule has 2 heteroatoms. The van der Waals surface area contributed by atoms with Crippen molar-refractivity contribution in [3.8, 4) is 0 Å². The number of nitrogens with one attached hydrogen (secondary N) is 1. The van der Waals surface area contributed by atoms with Crippen LogP contribution < -0.4 is 5.32 Å². The first kappa shape index (κ1) is 15.5. The molecule has 1 atom stereocenters. The van der Waals surface area contributed by atoms with Gasteiger partial charge in [0.1, 0.15) is 0 Å². The van der Waals surface area contributed by atoms with Gasteiger partial charge in [0.15, 0.2) is 0 Å². The Hall–Kier alpha value is -0.870. The third-order valence-corrected chi connectivity index (χ3v) is 5.15. The van der Waals surface area contributed by atoms with Crippen molar-refractivity contribution in [3.63, 3.8) is 0 Å². The average Bonchev–Trinajstić information content (AvgIpc) is 2.40. The first-order valence-corrected chi connectivity index (χ1v) is 8.18. The SMILES string of the molecule is CCNC(c1ccc(C)cc1C)c1cccc(C)c1I. The topological polar surface area (TPSA) is 12.0 Å². The molecule has 1 unspecified atom stereocenters. The van der Waals surface area contributed by atoms with Crippen LogP contribution in [0.5, 0.6) is 0 Å². The molecule has 0 saturated heterocycles. The van der Waals surface area contributed by atoms with Gasteiger partial charge in [0.05, 0.1) is 6.04 Å². The first-order valence-electron chi connectivity index (χ1n) is 7.10. The maximum atomic E-state index is 3.64. The highest BCUT2D eigenvalue weighted by molar-refractivity contribution is 14.1. The Morgan fingerprint density at radius 2 is 1.75 bits per heavy atom. The third kappa shape index (κ3) is 3.23. The maximum Gasteiger partial charge on any atom is 0.0589 e. The van der Waals surface area contributed by atoms with Crippen molar-refractivity contribution in [2.75, 3.05) is 6.54 Å². The summed E-state index contributed by atoms with van der Waals surface area (Å²) in [6.07, 6.45) is 0. The second-order valence-corrected chi connectivity index (χ2v) is 6.41. The second kappa shape index (κ2) is 6.72. The molecule has 0 aliphatic carbocycles. The Labute approximate surface area is 135 Å². The van der Waals surface area contributed by atoms with Crippen molar-refractivity contribution in [1.29, 1.82) is 0 Å². The quantitative estimate of drug-likeness (QED) is 0.744. The minimum atomic E-state index is 0.271. The van der Waals surface area contributed by atoms with Crippen LogP contribution in [-0.2, 0) is 0 Å². The smallest absolute Gasteiger partial charge is 0.0589 e. The minimum Gasteiger partial charge on any atom is -0.306 e. The lowest BCUT2D eigenvalue weighted by Crippen LogP contribution is -2.23. The number of halogens is 1. The summed E-state index contributed by atoms with van der Waals surface area (Å²) in [7, 11) is 0. The molecule has 2 aromatic rings. The minimum absolute atomic E-state index is 0.271. The molecule has 0 aliphatic rings. The molecule has 1 nitrogen and oxygen atoms in total. The first-order chi connectivity index (χ1) is 9.54. The van der Waals surface area contributed by atoms with Gasteiger partial charge in [-0.05, 0) is 72.2 Å². The van der Waals surface area contributed by atoms with E-state index in [1.165, 1.54) is 31.4 Å². The fraction of sp³-hybridized carbons (Fsp3) is 0.333. The van der Waals surface area contributed by atoms with Gasteiger partial charge in [-0.25, -0.2) is 0 Å². The summed E-state index contributed by atoms with van der Waals surface area (Å²) in [5.74, 6) is 0. The van der Waals surface area contributed by atoms with Gasteiger partial charge in [-0.15, -0.1) is 0 Å². The fourth-order valence-electron chi connectivity index (χ4n) is 2.63. The van der Waals surface area contributed by atoms with Gasteiger partial charge < -0.3 is 5.32 Å². The monoisotopic (exact) mass is 379 g/mol. The van der Waals surface area contributed by atoms with Crippen LogP contribution in [0.4, 0.5) is 0 Å².